The van der Waals surface area contributed by atoms with Crippen LogP contribution >= 0.6 is 0 Å². The van der Waals surface area contributed by atoms with Crippen molar-refractivity contribution in [3.8, 4) is 5.75 Å². The lowest BCUT2D eigenvalue weighted by Gasteiger charge is -2.17. The molecule has 0 saturated carbocycles. The van der Waals surface area contributed by atoms with Crippen LogP contribution in [-0.2, 0) is 16.1 Å². The first-order valence-corrected chi connectivity index (χ1v) is 8.65. The molecule has 0 aliphatic carbocycles. The van der Waals surface area contributed by atoms with Gasteiger partial charge in [0.2, 0.25) is 5.91 Å². The average molecular weight is 349 g/mol. The quantitative estimate of drug-likeness (QED) is 0.694. The Kier molecular flexibility index (Phi) is 5.87. The van der Waals surface area contributed by atoms with Gasteiger partial charge in [-0.25, -0.2) is 0 Å². The molecule has 0 bridgehead atoms. The summed E-state index contributed by atoms with van der Waals surface area (Å²) >= 11 is 0. The van der Waals surface area contributed by atoms with Gasteiger partial charge in [0.25, 0.3) is 0 Å². The average Bonchev–Trinajstić information content (AvgIpc) is 2.67. The van der Waals surface area contributed by atoms with E-state index in [-0.39, 0.29) is 18.6 Å². The van der Waals surface area contributed by atoms with E-state index >= 15 is 0 Å². The number of ether oxygens (including phenoxy) is 2. The summed E-state index contributed by atoms with van der Waals surface area (Å²) in [4.78, 5) is 12.2. The van der Waals surface area contributed by atoms with Gasteiger partial charge in [0.15, 0.2) is 0 Å². The van der Waals surface area contributed by atoms with E-state index in [0.29, 0.717) is 6.61 Å². The first-order valence-electron chi connectivity index (χ1n) is 8.65. The van der Waals surface area contributed by atoms with Crippen molar-refractivity contribution >= 4 is 16.7 Å². The highest BCUT2D eigenvalue weighted by atomic mass is 16.5. The second-order valence-electron chi connectivity index (χ2n) is 6.20. The Morgan fingerprint density at radius 2 is 1.81 bits per heavy atom. The second kappa shape index (κ2) is 8.50. The Balaban J connectivity index is 1.55. The molecule has 3 rings (SSSR count). The van der Waals surface area contributed by atoms with Crippen LogP contribution in [0.4, 0.5) is 0 Å². The molecule has 1 atom stereocenters. The van der Waals surface area contributed by atoms with Crippen molar-refractivity contribution in [2.45, 2.75) is 19.6 Å². The molecule has 0 aliphatic heterocycles. The number of hydrogen-bond acceptors (Lipinski definition) is 3. The predicted octanol–water partition coefficient (Wildman–Crippen LogP) is 4.24. The zero-order chi connectivity index (χ0) is 18.4. The molecule has 0 saturated heterocycles. The Labute approximate surface area is 153 Å². The Hall–Kier alpha value is -2.85. The SMILES string of the molecule is COc1cccc(COCC(=O)NC(C)c2cccc3ccccc23)c1. The molecule has 1 N–H and O–H groups in total. The van der Waals surface area contributed by atoms with Crippen molar-refractivity contribution in [1.82, 2.24) is 5.32 Å². The summed E-state index contributed by atoms with van der Waals surface area (Å²) in [7, 11) is 1.63. The summed E-state index contributed by atoms with van der Waals surface area (Å²) in [5.41, 5.74) is 2.07. The molecule has 0 spiro atoms. The highest BCUT2D eigenvalue weighted by Gasteiger charge is 2.12. The normalized spacial score (nSPS) is 11.9. The number of carbonyl (C=O) groups excluding carboxylic acids is 1. The number of hydrogen-bond donors (Lipinski definition) is 1. The fraction of sp³-hybridized carbons (Fsp3) is 0.227. The Bertz CT molecular complexity index is 886. The number of nitrogens with one attached hydrogen (secondary N) is 1. The second-order valence-corrected chi connectivity index (χ2v) is 6.20. The molecule has 0 fully saturated rings. The Morgan fingerprint density at radius 3 is 2.65 bits per heavy atom. The predicted molar refractivity (Wildman–Crippen MR) is 103 cm³/mol. The third-order valence-corrected chi connectivity index (χ3v) is 4.30. The fourth-order valence-electron chi connectivity index (χ4n) is 3.01. The molecule has 4 heteroatoms. The minimum absolute atomic E-state index is 0.0202. The summed E-state index contributed by atoms with van der Waals surface area (Å²) in [6.45, 7) is 2.38. The van der Waals surface area contributed by atoms with Crippen LogP contribution in [0.2, 0.25) is 0 Å². The van der Waals surface area contributed by atoms with Crippen molar-refractivity contribution in [3.05, 3.63) is 77.9 Å². The Morgan fingerprint density at radius 1 is 1.04 bits per heavy atom. The number of benzene rings is 3. The lowest BCUT2D eigenvalue weighted by Crippen LogP contribution is -2.30. The van der Waals surface area contributed by atoms with Crippen LogP contribution in [0.1, 0.15) is 24.1 Å². The summed E-state index contributed by atoms with van der Waals surface area (Å²) in [5.74, 6) is 0.647. The van der Waals surface area contributed by atoms with Crippen molar-refractivity contribution in [2.75, 3.05) is 13.7 Å². The van der Waals surface area contributed by atoms with Crippen molar-refractivity contribution in [1.29, 1.82) is 0 Å². The molecule has 0 aromatic heterocycles. The first kappa shape index (κ1) is 18.0. The van der Waals surface area contributed by atoms with Gasteiger partial charge in [0.1, 0.15) is 12.4 Å². The van der Waals surface area contributed by atoms with Crippen LogP contribution in [-0.4, -0.2) is 19.6 Å². The molecule has 1 amide bonds. The monoisotopic (exact) mass is 349 g/mol. The molecule has 3 aromatic rings. The number of methoxy groups -OCH3 is 1. The minimum Gasteiger partial charge on any atom is -0.497 e. The van der Waals surface area contributed by atoms with Gasteiger partial charge in [-0.2, -0.15) is 0 Å². The van der Waals surface area contributed by atoms with Crippen LogP contribution in [0.5, 0.6) is 5.75 Å². The van der Waals surface area contributed by atoms with Crippen molar-refractivity contribution in [2.24, 2.45) is 0 Å². The van der Waals surface area contributed by atoms with E-state index in [1.165, 1.54) is 5.39 Å². The molecule has 4 nitrogen and oxygen atoms in total. The maximum Gasteiger partial charge on any atom is 0.246 e. The first-order chi connectivity index (χ1) is 12.7. The number of amides is 1. The maximum absolute atomic E-state index is 12.2. The molecular formula is C22H23NO3. The summed E-state index contributed by atoms with van der Waals surface area (Å²) in [5, 5.41) is 5.33. The molecule has 0 heterocycles. The largest absolute Gasteiger partial charge is 0.497 e. The van der Waals surface area contributed by atoms with E-state index in [4.69, 9.17) is 9.47 Å². The topological polar surface area (TPSA) is 47.6 Å². The van der Waals surface area contributed by atoms with E-state index in [9.17, 15) is 4.79 Å². The van der Waals surface area contributed by atoms with Crippen molar-refractivity contribution < 1.29 is 14.3 Å². The van der Waals surface area contributed by atoms with E-state index in [1.54, 1.807) is 7.11 Å². The van der Waals surface area contributed by atoms with E-state index in [1.807, 2.05) is 55.5 Å². The van der Waals surface area contributed by atoms with Gasteiger partial charge in [-0.1, -0.05) is 54.6 Å². The molecule has 1 unspecified atom stereocenters. The summed E-state index contributed by atoms with van der Waals surface area (Å²) < 4.78 is 10.7. The smallest absolute Gasteiger partial charge is 0.246 e. The van der Waals surface area contributed by atoms with E-state index < -0.39 is 0 Å². The summed E-state index contributed by atoms with van der Waals surface area (Å²) in [6.07, 6.45) is 0. The third kappa shape index (κ3) is 4.41. The zero-order valence-electron chi connectivity index (χ0n) is 15.1. The van der Waals surface area contributed by atoms with Crippen LogP contribution < -0.4 is 10.1 Å². The van der Waals surface area contributed by atoms with Gasteiger partial charge in [0.05, 0.1) is 19.8 Å². The molecule has 26 heavy (non-hydrogen) atoms. The van der Waals surface area contributed by atoms with Crippen LogP contribution in [0.15, 0.2) is 66.7 Å². The van der Waals surface area contributed by atoms with Gasteiger partial charge < -0.3 is 14.8 Å². The van der Waals surface area contributed by atoms with E-state index in [2.05, 4.69) is 23.5 Å². The van der Waals surface area contributed by atoms with Crippen LogP contribution in [0, 0.1) is 0 Å². The maximum atomic E-state index is 12.2. The highest BCUT2D eigenvalue weighted by molar-refractivity contribution is 5.87. The van der Waals surface area contributed by atoms with Crippen molar-refractivity contribution in [3.63, 3.8) is 0 Å². The number of fused-ring (bicyclic) bond motifs is 1. The minimum atomic E-state index is -0.131. The molecule has 0 aliphatic rings. The molecular weight excluding hydrogens is 326 g/mol. The fourth-order valence-corrected chi connectivity index (χ4v) is 3.01. The lowest BCUT2D eigenvalue weighted by molar-refractivity contribution is -0.126. The van der Waals surface area contributed by atoms with Gasteiger partial charge in [-0.05, 0) is 41.0 Å². The number of rotatable bonds is 7. The lowest BCUT2D eigenvalue weighted by atomic mass is 10.00. The highest BCUT2D eigenvalue weighted by Crippen LogP contribution is 2.24. The summed E-state index contributed by atoms with van der Waals surface area (Å²) in [6, 6.07) is 21.8. The molecule has 3 aromatic carbocycles. The van der Waals surface area contributed by atoms with Gasteiger partial charge in [-0.15, -0.1) is 0 Å². The third-order valence-electron chi connectivity index (χ3n) is 4.30. The molecule has 0 radical (unpaired) electrons. The van der Waals surface area contributed by atoms with Crippen LogP contribution in [0.25, 0.3) is 10.8 Å². The standard InChI is InChI=1S/C22H23NO3/c1-16(20-12-6-9-18-8-3-4-11-21(18)20)23-22(24)15-26-14-17-7-5-10-19(13-17)25-2/h3-13,16H,14-15H2,1-2H3,(H,23,24). The van der Waals surface area contributed by atoms with Crippen LogP contribution in [0.3, 0.4) is 0 Å². The number of carbonyl (C=O) groups is 1. The van der Waals surface area contributed by atoms with Gasteiger partial charge in [-0.3, -0.25) is 4.79 Å². The van der Waals surface area contributed by atoms with Gasteiger partial charge >= 0.3 is 0 Å². The molecule has 134 valence electrons. The zero-order valence-corrected chi connectivity index (χ0v) is 15.1. The van der Waals surface area contributed by atoms with Gasteiger partial charge in [0, 0.05) is 0 Å². The van der Waals surface area contributed by atoms with E-state index in [0.717, 1.165) is 22.3 Å².